The number of likely N-dealkylation sites (N-methyl/N-ethyl adjacent to an activating group) is 1. The van der Waals surface area contributed by atoms with E-state index in [9.17, 15) is 13.2 Å². The second kappa shape index (κ2) is 6.67. The van der Waals surface area contributed by atoms with E-state index in [4.69, 9.17) is 0 Å². The predicted octanol–water partition coefficient (Wildman–Crippen LogP) is 3.39. The van der Waals surface area contributed by atoms with Gasteiger partial charge in [0.05, 0.1) is 5.56 Å². The van der Waals surface area contributed by atoms with Crippen LogP contribution in [0.4, 0.5) is 13.2 Å². The molecule has 1 heterocycles. The van der Waals surface area contributed by atoms with E-state index in [0.717, 1.165) is 29.8 Å². The number of halogens is 3. The largest absolute Gasteiger partial charge is 0.416 e. The van der Waals surface area contributed by atoms with Crippen molar-refractivity contribution in [1.82, 2.24) is 15.3 Å². The van der Waals surface area contributed by atoms with Crippen molar-refractivity contribution in [2.45, 2.75) is 25.6 Å². The number of nitrogens with one attached hydrogen (secondary N) is 1. The first-order chi connectivity index (χ1) is 10.0. The molecule has 6 heteroatoms. The van der Waals surface area contributed by atoms with Crippen LogP contribution in [0.15, 0.2) is 43.0 Å². The van der Waals surface area contributed by atoms with Crippen LogP contribution in [0, 0.1) is 0 Å². The van der Waals surface area contributed by atoms with Crippen LogP contribution in [0.2, 0.25) is 0 Å². The Morgan fingerprint density at radius 2 is 1.71 bits per heavy atom. The van der Waals surface area contributed by atoms with E-state index in [1.54, 1.807) is 12.4 Å². The number of benzene rings is 1. The SMILES string of the molecule is CCNC(Cc1ccc(C(F)(F)F)cc1)c1cncnc1. The minimum atomic E-state index is -4.30. The topological polar surface area (TPSA) is 37.8 Å². The fourth-order valence-electron chi connectivity index (χ4n) is 2.11. The summed E-state index contributed by atoms with van der Waals surface area (Å²) in [6.07, 6.45) is 1.16. The van der Waals surface area contributed by atoms with Gasteiger partial charge in [-0.25, -0.2) is 9.97 Å². The van der Waals surface area contributed by atoms with E-state index in [1.165, 1.54) is 18.5 Å². The van der Waals surface area contributed by atoms with Gasteiger partial charge in [-0.3, -0.25) is 0 Å². The zero-order valence-electron chi connectivity index (χ0n) is 11.6. The molecule has 1 N–H and O–H groups in total. The monoisotopic (exact) mass is 295 g/mol. The number of rotatable bonds is 5. The van der Waals surface area contributed by atoms with E-state index in [-0.39, 0.29) is 6.04 Å². The molecule has 0 saturated carbocycles. The first-order valence-corrected chi connectivity index (χ1v) is 6.65. The molecule has 0 aliphatic heterocycles. The summed E-state index contributed by atoms with van der Waals surface area (Å²) in [6, 6.07) is 5.22. The van der Waals surface area contributed by atoms with Crippen molar-refractivity contribution in [2.75, 3.05) is 6.54 Å². The predicted molar refractivity (Wildman–Crippen MR) is 73.6 cm³/mol. The number of aromatic nitrogens is 2. The molecular formula is C15H16F3N3. The van der Waals surface area contributed by atoms with Crippen molar-refractivity contribution < 1.29 is 13.2 Å². The van der Waals surface area contributed by atoms with Crippen LogP contribution in [-0.2, 0) is 12.6 Å². The standard InChI is InChI=1S/C15H16F3N3/c1-2-21-14(12-8-19-10-20-9-12)7-11-3-5-13(6-4-11)15(16,17)18/h3-6,8-10,14,21H,2,7H2,1H3. The molecule has 0 aliphatic carbocycles. The number of hydrogen-bond donors (Lipinski definition) is 1. The third kappa shape index (κ3) is 4.26. The van der Waals surface area contributed by atoms with Gasteiger partial charge in [0.25, 0.3) is 0 Å². The van der Waals surface area contributed by atoms with Gasteiger partial charge in [-0.05, 0) is 30.7 Å². The molecule has 1 atom stereocenters. The molecule has 2 rings (SSSR count). The summed E-state index contributed by atoms with van der Waals surface area (Å²) in [4.78, 5) is 7.95. The Morgan fingerprint density at radius 1 is 1.10 bits per heavy atom. The van der Waals surface area contributed by atoms with Crippen LogP contribution in [0.1, 0.15) is 29.7 Å². The van der Waals surface area contributed by atoms with Crippen LogP contribution in [0.25, 0.3) is 0 Å². The molecule has 0 spiro atoms. The van der Waals surface area contributed by atoms with Crippen LogP contribution in [0.5, 0.6) is 0 Å². The summed E-state index contributed by atoms with van der Waals surface area (Å²) >= 11 is 0. The summed E-state index contributed by atoms with van der Waals surface area (Å²) in [5.41, 5.74) is 1.12. The summed E-state index contributed by atoms with van der Waals surface area (Å²) in [5.74, 6) is 0. The molecule has 21 heavy (non-hydrogen) atoms. The second-order valence-electron chi connectivity index (χ2n) is 4.68. The van der Waals surface area contributed by atoms with Crippen LogP contribution in [0.3, 0.4) is 0 Å². The average molecular weight is 295 g/mol. The Labute approximate surface area is 121 Å². The maximum absolute atomic E-state index is 12.5. The van der Waals surface area contributed by atoms with E-state index in [0.29, 0.717) is 6.42 Å². The Bertz CT molecular complexity index is 553. The lowest BCUT2D eigenvalue weighted by Crippen LogP contribution is -2.23. The van der Waals surface area contributed by atoms with Gasteiger partial charge < -0.3 is 5.32 Å². The summed E-state index contributed by atoms with van der Waals surface area (Å²) in [6.45, 7) is 2.73. The van der Waals surface area contributed by atoms with Gasteiger partial charge in [0.15, 0.2) is 0 Å². The molecule has 2 aromatic rings. The Hall–Kier alpha value is -1.95. The molecule has 3 nitrogen and oxygen atoms in total. The van der Waals surface area contributed by atoms with E-state index < -0.39 is 11.7 Å². The molecule has 112 valence electrons. The molecule has 0 radical (unpaired) electrons. The smallest absolute Gasteiger partial charge is 0.310 e. The van der Waals surface area contributed by atoms with Gasteiger partial charge in [-0.2, -0.15) is 13.2 Å². The van der Waals surface area contributed by atoms with Crippen LogP contribution >= 0.6 is 0 Å². The summed E-state index contributed by atoms with van der Waals surface area (Å²) < 4.78 is 37.6. The molecule has 1 aromatic heterocycles. The highest BCUT2D eigenvalue weighted by molar-refractivity contribution is 5.26. The Kier molecular flexibility index (Phi) is 4.90. The molecular weight excluding hydrogens is 279 g/mol. The molecule has 0 saturated heterocycles. The lowest BCUT2D eigenvalue weighted by atomic mass is 10.00. The fraction of sp³-hybridized carbons (Fsp3) is 0.333. The van der Waals surface area contributed by atoms with Crippen molar-refractivity contribution >= 4 is 0 Å². The summed E-state index contributed by atoms with van der Waals surface area (Å²) in [7, 11) is 0. The third-order valence-corrected chi connectivity index (χ3v) is 3.15. The number of nitrogens with zero attached hydrogens (tertiary/aromatic N) is 2. The quantitative estimate of drug-likeness (QED) is 0.919. The van der Waals surface area contributed by atoms with Crippen molar-refractivity contribution in [3.63, 3.8) is 0 Å². The number of alkyl halides is 3. The highest BCUT2D eigenvalue weighted by atomic mass is 19.4. The normalized spacial score (nSPS) is 13.1. The molecule has 0 amide bonds. The van der Waals surface area contributed by atoms with Crippen molar-refractivity contribution in [2.24, 2.45) is 0 Å². The highest BCUT2D eigenvalue weighted by Gasteiger charge is 2.30. The number of hydrogen-bond acceptors (Lipinski definition) is 3. The fourth-order valence-corrected chi connectivity index (χ4v) is 2.11. The first kappa shape index (κ1) is 15.4. The third-order valence-electron chi connectivity index (χ3n) is 3.15. The van der Waals surface area contributed by atoms with Gasteiger partial charge in [0.2, 0.25) is 0 Å². The lowest BCUT2D eigenvalue weighted by Gasteiger charge is -2.18. The van der Waals surface area contributed by atoms with Crippen LogP contribution in [-0.4, -0.2) is 16.5 Å². The zero-order valence-corrected chi connectivity index (χ0v) is 11.6. The zero-order chi connectivity index (χ0) is 15.3. The van der Waals surface area contributed by atoms with Gasteiger partial charge in [-0.15, -0.1) is 0 Å². The van der Waals surface area contributed by atoms with Crippen molar-refractivity contribution in [1.29, 1.82) is 0 Å². The second-order valence-corrected chi connectivity index (χ2v) is 4.68. The molecule has 1 aromatic carbocycles. The van der Waals surface area contributed by atoms with Gasteiger partial charge >= 0.3 is 6.18 Å². The van der Waals surface area contributed by atoms with Gasteiger partial charge in [-0.1, -0.05) is 19.1 Å². The van der Waals surface area contributed by atoms with E-state index in [1.807, 2.05) is 6.92 Å². The van der Waals surface area contributed by atoms with Crippen LogP contribution < -0.4 is 5.32 Å². The van der Waals surface area contributed by atoms with Gasteiger partial charge in [0.1, 0.15) is 6.33 Å². The Morgan fingerprint density at radius 3 is 2.24 bits per heavy atom. The molecule has 1 unspecified atom stereocenters. The average Bonchev–Trinajstić information content (AvgIpc) is 2.47. The molecule has 0 bridgehead atoms. The van der Waals surface area contributed by atoms with Crippen molar-refractivity contribution in [3.05, 3.63) is 59.7 Å². The first-order valence-electron chi connectivity index (χ1n) is 6.65. The maximum Gasteiger partial charge on any atom is 0.416 e. The lowest BCUT2D eigenvalue weighted by molar-refractivity contribution is -0.137. The van der Waals surface area contributed by atoms with E-state index >= 15 is 0 Å². The minimum Gasteiger partial charge on any atom is -0.310 e. The van der Waals surface area contributed by atoms with Gasteiger partial charge in [0, 0.05) is 24.0 Å². The maximum atomic E-state index is 12.5. The van der Waals surface area contributed by atoms with Crippen molar-refractivity contribution in [3.8, 4) is 0 Å². The molecule has 0 aliphatic rings. The summed E-state index contributed by atoms with van der Waals surface area (Å²) in [5, 5.41) is 3.29. The highest BCUT2D eigenvalue weighted by Crippen LogP contribution is 2.29. The Balaban J connectivity index is 2.14. The minimum absolute atomic E-state index is 0.0204. The molecule has 0 fully saturated rings. The van der Waals surface area contributed by atoms with E-state index in [2.05, 4.69) is 15.3 Å².